The van der Waals surface area contributed by atoms with Crippen molar-refractivity contribution in [2.24, 2.45) is 0 Å². The Hall–Kier alpha value is -0.940. The second-order valence-corrected chi connectivity index (χ2v) is 3.81. The quantitative estimate of drug-likeness (QED) is 0.805. The van der Waals surface area contributed by atoms with Gasteiger partial charge in [0.25, 0.3) is 0 Å². The fourth-order valence-corrected chi connectivity index (χ4v) is 1.69. The summed E-state index contributed by atoms with van der Waals surface area (Å²) in [6.45, 7) is 0. The summed E-state index contributed by atoms with van der Waals surface area (Å²) in [7, 11) is 0. The Labute approximate surface area is 91.7 Å². The van der Waals surface area contributed by atoms with Crippen LogP contribution in [0.4, 0.5) is 4.39 Å². The van der Waals surface area contributed by atoms with E-state index in [2.05, 4.69) is 25.9 Å². The first-order valence-corrected chi connectivity index (χ1v) is 4.76. The Kier molecular flexibility index (Phi) is 2.28. The number of fused-ring (bicyclic) bond motifs is 1. The summed E-state index contributed by atoms with van der Waals surface area (Å²) in [5.41, 5.74) is 0.660. The third kappa shape index (κ3) is 1.53. The van der Waals surface area contributed by atoms with Crippen LogP contribution in [0.15, 0.2) is 16.6 Å². The number of hydrogen-bond acceptors (Lipinski definition) is 3. The van der Waals surface area contributed by atoms with Crippen molar-refractivity contribution in [2.75, 3.05) is 0 Å². The van der Waals surface area contributed by atoms with Gasteiger partial charge in [-0.1, -0.05) is 11.6 Å². The van der Waals surface area contributed by atoms with Gasteiger partial charge in [-0.05, 0) is 22.0 Å². The number of rotatable bonds is 0. The van der Waals surface area contributed by atoms with Gasteiger partial charge in [-0.25, -0.2) is 14.4 Å². The van der Waals surface area contributed by atoms with Gasteiger partial charge < -0.3 is 5.11 Å². The van der Waals surface area contributed by atoms with E-state index in [0.717, 1.165) is 0 Å². The van der Waals surface area contributed by atoms with Gasteiger partial charge in [-0.15, -0.1) is 0 Å². The SMILES string of the molecule is Oc1nc2cc(F)cc(Br)c2nc1Cl. The lowest BCUT2D eigenvalue weighted by molar-refractivity contribution is 0.453. The largest absolute Gasteiger partial charge is 0.491 e. The molecule has 1 aromatic carbocycles. The summed E-state index contributed by atoms with van der Waals surface area (Å²) in [5, 5.41) is 9.05. The zero-order valence-electron chi connectivity index (χ0n) is 6.63. The van der Waals surface area contributed by atoms with Gasteiger partial charge in [0.2, 0.25) is 5.88 Å². The van der Waals surface area contributed by atoms with Gasteiger partial charge in [0.15, 0.2) is 5.15 Å². The van der Waals surface area contributed by atoms with E-state index in [9.17, 15) is 4.39 Å². The zero-order valence-corrected chi connectivity index (χ0v) is 8.97. The Bertz CT molecular complexity index is 520. The van der Waals surface area contributed by atoms with Crippen LogP contribution in [0.3, 0.4) is 0 Å². The van der Waals surface area contributed by atoms with Crippen LogP contribution in [-0.4, -0.2) is 15.1 Å². The Balaban J connectivity index is 2.89. The highest BCUT2D eigenvalue weighted by Gasteiger charge is 2.09. The van der Waals surface area contributed by atoms with E-state index in [1.54, 1.807) is 0 Å². The summed E-state index contributed by atoms with van der Waals surface area (Å²) in [4.78, 5) is 7.54. The average molecular weight is 277 g/mol. The fourth-order valence-electron chi connectivity index (χ4n) is 1.06. The summed E-state index contributed by atoms with van der Waals surface area (Å²) < 4.78 is 13.4. The smallest absolute Gasteiger partial charge is 0.250 e. The van der Waals surface area contributed by atoms with Crippen molar-refractivity contribution in [3.8, 4) is 5.88 Å². The molecule has 0 fully saturated rings. The van der Waals surface area contributed by atoms with Gasteiger partial charge in [0.05, 0.1) is 5.52 Å². The predicted octanol–water partition coefficient (Wildman–Crippen LogP) is 2.89. The third-order valence-electron chi connectivity index (χ3n) is 1.63. The molecule has 0 saturated carbocycles. The Morgan fingerprint density at radius 2 is 2.07 bits per heavy atom. The highest BCUT2D eigenvalue weighted by Crippen LogP contribution is 2.27. The van der Waals surface area contributed by atoms with Crippen molar-refractivity contribution in [1.82, 2.24) is 9.97 Å². The molecule has 0 aliphatic carbocycles. The molecule has 0 spiro atoms. The maximum absolute atomic E-state index is 12.9. The van der Waals surface area contributed by atoms with Gasteiger partial charge in [-0.2, -0.15) is 0 Å². The number of halogens is 3. The topological polar surface area (TPSA) is 46.0 Å². The molecule has 72 valence electrons. The summed E-state index contributed by atoms with van der Waals surface area (Å²) >= 11 is 8.68. The Morgan fingerprint density at radius 3 is 2.79 bits per heavy atom. The van der Waals surface area contributed by atoms with Crippen LogP contribution in [-0.2, 0) is 0 Å². The molecule has 1 N–H and O–H groups in total. The monoisotopic (exact) mass is 276 g/mol. The lowest BCUT2D eigenvalue weighted by Gasteiger charge is -2.01. The molecular weight excluding hydrogens is 274 g/mol. The number of benzene rings is 1. The molecule has 0 aliphatic rings. The van der Waals surface area contributed by atoms with E-state index in [4.69, 9.17) is 16.7 Å². The van der Waals surface area contributed by atoms with Gasteiger partial charge >= 0.3 is 0 Å². The van der Waals surface area contributed by atoms with Crippen molar-refractivity contribution < 1.29 is 9.50 Å². The maximum Gasteiger partial charge on any atom is 0.250 e. The fraction of sp³-hybridized carbons (Fsp3) is 0. The molecule has 14 heavy (non-hydrogen) atoms. The molecule has 0 amide bonds. The summed E-state index contributed by atoms with van der Waals surface area (Å²) in [5.74, 6) is -0.864. The molecule has 0 saturated heterocycles. The number of aromatic nitrogens is 2. The van der Waals surface area contributed by atoms with Crippen molar-refractivity contribution in [1.29, 1.82) is 0 Å². The summed E-state index contributed by atoms with van der Waals surface area (Å²) in [6, 6.07) is 2.42. The molecule has 0 aliphatic heterocycles. The number of nitrogens with zero attached hydrogens (tertiary/aromatic N) is 2. The highest BCUT2D eigenvalue weighted by molar-refractivity contribution is 9.10. The first-order valence-electron chi connectivity index (χ1n) is 3.59. The normalized spacial score (nSPS) is 10.8. The predicted molar refractivity (Wildman–Crippen MR) is 53.9 cm³/mol. The number of hydrogen-bond donors (Lipinski definition) is 1. The molecule has 0 unspecified atom stereocenters. The van der Waals surface area contributed by atoms with E-state index < -0.39 is 11.7 Å². The molecule has 0 atom stereocenters. The number of aromatic hydroxyl groups is 1. The van der Waals surface area contributed by atoms with Crippen LogP contribution in [0.2, 0.25) is 5.15 Å². The summed E-state index contributed by atoms with van der Waals surface area (Å²) in [6.07, 6.45) is 0. The average Bonchev–Trinajstić information content (AvgIpc) is 2.08. The minimum absolute atomic E-state index is 0.107. The Morgan fingerprint density at radius 1 is 1.36 bits per heavy atom. The van der Waals surface area contributed by atoms with Crippen LogP contribution < -0.4 is 0 Å². The van der Waals surface area contributed by atoms with E-state index >= 15 is 0 Å². The zero-order chi connectivity index (χ0) is 10.3. The molecule has 6 heteroatoms. The van der Waals surface area contributed by atoms with E-state index in [0.29, 0.717) is 9.99 Å². The minimum Gasteiger partial charge on any atom is -0.491 e. The molecule has 0 radical (unpaired) electrons. The molecule has 1 heterocycles. The van der Waals surface area contributed by atoms with Crippen molar-refractivity contribution in [3.05, 3.63) is 27.6 Å². The van der Waals surface area contributed by atoms with Gasteiger partial charge in [0, 0.05) is 10.5 Å². The van der Waals surface area contributed by atoms with Crippen molar-refractivity contribution in [3.63, 3.8) is 0 Å². The van der Waals surface area contributed by atoms with Gasteiger partial charge in [0.1, 0.15) is 11.3 Å². The van der Waals surface area contributed by atoms with Gasteiger partial charge in [-0.3, -0.25) is 0 Å². The minimum atomic E-state index is -0.458. The molecule has 1 aromatic heterocycles. The molecule has 3 nitrogen and oxygen atoms in total. The van der Waals surface area contributed by atoms with Crippen LogP contribution in [0, 0.1) is 5.82 Å². The highest BCUT2D eigenvalue weighted by atomic mass is 79.9. The first kappa shape index (κ1) is 9.61. The van der Waals surface area contributed by atoms with Crippen LogP contribution in [0.25, 0.3) is 11.0 Å². The van der Waals surface area contributed by atoms with Crippen LogP contribution >= 0.6 is 27.5 Å². The molecule has 2 rings (SSSR count). The maximum atomic E-state index is 12.9. The van der Waals surface area contributed by atoms with E-state index in [-0.39, 0.29) is 10.7 Å². The second-order valence-electron chi connectivity index (χ2n) is 2.59. The third-order valence-corrected chi connectivity index (χ3v) is 2.49. The van der Waals surface area contributed by atoms with Crippen molar-refractivity contribution in [2.45, 2.75) is 0 Å². The van der Waals surface area contributed by atoms with E-state index in [1.165, 1.54) is 12.1 Å². The molecule has 2 aromatic rings. The first-order chi connectivity index (χ1) is 6.58. The lowest BCUT2D eigenvalue weighted by atomic mass is 10.3. The lowest BCUT2D eigenvalue weighted by Crippen LogP contribution is -1.88. The van der Waals surface area contributed by atoms with Crippen LogP contribution in [0.5, 0.6) is 5.88 Å². The van der Waals surface area contributed by atoms with Crippen molar-refractivity contribution >= 4 is 38.6 Å². The molecule has 0 bridgehead atoms. The van der Waals surface area contributed by atoms with Crippen LogP contribution in [0.1, 0.15) is 0 Å². The second kappa shape index (κ2) is 3.33. The standard InChI is InChI=1S/C8H3BrClFN2O/c9-4-1-3(11)2-5-6(4)13-7(10)8(14)12-5/h1-2H,(H,12,14). The molecular formula is C8H3BrClFN2O. The van der Waals surface area contributed by atoms with E-state index in [1.807, 2.05) is 0 Å².